The maximum atomic E-state index is 12.3. The number of nitrogens with one attached hydrogen (secondary N) is 3. The molecule has 0 bridgehead atoms. The summed E-state index contributed by atoms with van der Waals surface area (Å²) in [6.07, 6.45) is 3.26. The predicted molar refractivity (Wildman–Crippen MR) is 114 cm³/mol. The first-order valence-corrected chi connectivity index (χ1v) is 10.2. The number of piperidine rings is 1. The summed E-state index contributed by atoms with van der Waals surface area (Å²) in [5.41, 5.74) is 2.35. The maximum Gasteiger partial charge on any atom is 0.338 e. The standard InChI is InChI=1S/C23H29N3O3/c1-2-29-22(27)19-9-6-10-20(15-19)26-23(28)25-16-21-14-18(11-12-24-21)13-17-7-4-3-5-8-17/h3-10,15,18,21,24H,2,11-14,16H2,1H3,(H2,25,26,28)/t18-,21-/m0/s1. The van der Waals surface area contributed by atoms with Crippen LogP contribution in [-0.4, -0.2) is 37.7 Å². The van der Waals surface area contributed by atoms with Gasteiger partial charge in [-0.1, -0.05) is 36.4 Å². The van der Waals surface area contributed by atoms with Crippen molar-refractivity contribution >= 4 is 17.7 Å². The molecule has 1 heterocycles. The molecule has 6 heteroatoms. The minimum atomic E-state index is -0.396. The lowest BCUT2D eigenvalue weighted by molar-refractivity contribution is 0.0526. The molecule has 0 aromatic heterocycles. The lowest BCUT2D eigenvalue weighted by Gasteiger charge is -2.30. The molecule has 2 amide bonds. The lowest BCUT2D eigenvalue weighted by Crippen LogP contribution is -2.47. The third kappa shape index (κ3) is 6.61. The van der Waals surface area contributed by atoms with Crippen LogP contribution in [0.25, 0.3) is 0 Å². The van der Waals surface area contributed by atoms with Gasteiger partial charge in [-0.15, -0.1) is 0 Å². The number of rotatable bonds is 7. The van der Waals surface area contributed by atoms with E-state index in [4.69, 9.17) is 4.74 Å². The summed E-state index contributed by atoms with van der Waals surface area (Å²) in [5.74, 6) is 0.224. The van der Waals surface area contributed by atoms with Gasteiger partial charge in [0.25, 0.3) is 0 Å². The van der Waals surface area contributed by atoms with E-state index in [9.17, 15) is 9.59 Å². The van der Waals surface area contributed by atoms with Gasteiger partial charge in [0.05, 0.1) is 12.2 Å². The first-order valence-electron chi connectivity index (χ1n) is 10.2. The van der Waals surface area contributed by atoms with Crippen molar-refractivity contribution < 1.29 is 14.3 Å². The Morgan fingerprint density at radius 3 is 2.76 bits per heavy atom. The van der Waals surface area contributed by atoms with Gasteiger partial charge in [0.15, 0.2) is 0 Å². The molecule has 2 atom stereocenters. The van der Waals surface area contributed by atoms with Crippen molar-refractivity contribution in [1.29, 1.82) is 0 Å². The van der Waals surface area contributed by atoms with E-state index in [1.165, 1.54) is 5.56 Å². The number of hydrogen-bond donors (Lipinski definition) is 3. The minimum Gasteiger partial charge on any atom is -0.462 e. The van der Waals surface area contributed by atoms with Crippen molar-refractivity contribution in [3.8, 4) is 0 Å². The summed E-state index contributed by atoms with van der Waals surface area (Å²) in [4.78, 5) is 24.1. The molecule has 1 aliphatic heterocycles. The van der Waals surface area contributed by atoms with Crippen molar-refractivity contribution in [2.45, 2.75) is 32.2 Å². The molecule has 3 rings (SSSR count). The highest BCUT2D eigenvalue weighted by Gasteiger charge is 2.22. The minimum absolute atomic E-state index is 0.258. The summed E-state index contributed by atoms with van der Waals surface area (Å²) in [6, 6.07) is 17.3. The molecule has 0 unspecified atom stereocenters. The largest absolute Gasteiger partial charge is 0.462 e. The topological polar surface area (TPSA) is 79.5 Å². The zero-order valence-electron chi connectivity index (χ0n) is 16.8. The van der Waals surface area contributed by atoms with Gasteiger partial charge in [-0.2, -0.15) is 0 Å². The van der Waals surface area contributed by atoms with Crippen LogP contribution in [0.15, 0.2) is 54.6 Å². The van der Waals surface area contributed by atoms with Crippen molar-refractivity contribution in [3.63, 3.8) is 0 Å². The number of carbonyl (C=O) groups is 2. The normalized spacial score (nSPS) is 18.7. The molecule has 2 aromatic rings. The molecule has 0 saturated carbocycles. The van der Waals surface area contributed by atoms with E-state index in [0.717, 1.165) is 25.8 Å². The van der Waals surface area contributed by atoms with Crippen LogP contribution in [0, 0.1) is 5.92 Å². The lowest BCUT2D eigenvalue weighted by atomic mass is 9.87. The van der Waals surface area contributed by atoms with Crippen LogP contribution in [-0.2, 0) is 11.2 Å². The summed E-state index contributed by atoms with van der Waals surface area (Å²) in [7, 11) is 0. The van der Waals surface area contributed by atoms with Crippen molar-refractivity contribution in [2.24, 2.45) is 5.92 Å². The van der Waals surface area contributed by atoms with Crippen molar-refractivity contribution in [2.75, 3.05) is 25.0 Å². The SMILES string of the molecule is CCOC(=O)c1cccc(NC(=O)NC[C@@H]2C[C@H](Cc3ccccc3)CCN2)c1. The average molecular weight is 396 g/mol. The Labute approximate surface area is 172 Å². The Morgan fingerprint density at radius 2 is 1.97 bits per heavy atom. The Hall–Kier alpha value is -2.86. The molecule has 1 saturated heterocycles. The van der Waals surface area contributed by atoms with Crippen LogP contribution in [0.4, 0.5) is 10.5 Å². The molecule has 2 aromatic carbocycles. The Morgan fingerprint density at radius 1 is 1.14 bits per heavy atom. The van der Waals surface area contributed by atoms with E-state index in [1.807, 2.05) is 6.07 Å². The molecule has 6 nitrogen and oxygen atoms in total. The average Bonchev–Trinajstić information content (AvgIpc) is 2.74. The quantitative estimate of drug-likeness (QED) is 0.626. The highest BCUT2D eigenvalue weighted by molar-refractivity contribution is 5.93. The van der Waals surface area contributed by atoms with Gasteiger partial charge in [0.1, 0.15) is 0 Å². The molecule has 0 spiro atoms. The number of urea groups is 1. The van der Waals surface area contributed by atoms with Crippen molar-refractivity contribution in [3.05, 3.63) is 65.7 Å². The van der Waals surface area contributed by atoms with E-state index < -0.39 is 5.97 Å². The van der Waals surface area contributed by atoms with Gasteiger partial charge in [-0.3, -0.25) is 0 Å². The van der Waals surface area contributed by atoms with Gasteiger partial charge in [-0.05, 0) is 62.4 Å². The third-order valence-electron chi connectivity index (χ3n) is 5.11. The molecule has 1 aliphatic rings. The van der Waals surface area contributed by atoms with Crippen LogP contribution in [0.3, 0.4) is 0 Å². The second kappa shape index (κ2) is 10.6. The summed E-state index contributed by atoms with van der Waals surface area (Å²) < 4.78 is 4.99. The fourth-order valence-electron chi connectivity index (χ4n) is 3.71. The van der Waals surface area contributed by atoms with E-state index in [0.29, 0.717) is 30.3 Å². The molecule has 0 aliphatic carbocycles. The first kappa shape index (κ1) is 20.9. The number of carbonyl (C=O) groups excluding carboxylic acids is 2. The number of hydrogen-bond acceptors (Lipinski definition) is 4. The summed E-state index contributed by atoms with van der Waals surface area (Å²) in [6.45, 7) is 3.61. The molecule has 3 N–H and O–H groups in total. The van der Waals surface area contributed by atoms with Gasteiger partial charge in [-0.25, -0.2) is 9.59 Å². The second-order valence-corrected chi connectivity index (χ2v) is 7.37. The fraction of sp³-hybridized carbons (Fsp3) is 0.391. The second-order valence-electron chi connectivity index (χ2n) is 7.37. The maximum absolute atomic E-state index is 12.3. The molecular formula is C23H29N3O3. The van der Waals surface area contributed by atoms with Gasteiger partial charge < -0.3 is 20.7 Å². The number of ether oxygens (including phenoxy) is 1. The number of anilines is 1. The first-order chi connectivity index (χ1) is 14.1. The smallest absolute Gasteiger partial charge is 0.338 e. The number of benzene rings is 2. The number of esters is 1. The number of amides is 2. The zero-order chi connectivity index (χ0) is 20.5. The molecule has 1 fully saturated rings. The Kier molecular flexibility index (Phi) is 7.64. The van der Waals surface area contributed by atoms with Gasteiger partial charge in [0, 0.05) is 18.3 Å². The molecule has 154 valence electrons. The summed E-state index contributed by atoms with van der Waals surface area (Å²) in [5, 5.41) is 9.20. The summed E-state index contributed by atoms with van der Waals surface area (Å²) >= 11 is 0. The van der Waals surface area contributed by atoms with E-state index >= 15 is 0 Å². The van der Waals surface area contributed by atoms with Crippen LogP contribution >= 0.6 is 0 Å². The molecular weight excluding hydrogens is 366 g/mol. The Balaban J connectivity index is 1.45. The van der Waals surface area contributed by atoms with Crippen LogP contribution in [0.1, 0.15) is 35.7 Å². The zero-order valence-corrected chi connectivity index (χ0v) is 16.8. The molecule has 29 heavy (non-hydrogen) atoms. The Bertz CT molecular complexity index is 810. The molecule has 0 radical (unpaired) electrons. The monoisotopic (exact) mass is 395 g/mol. The fourth-order valence-corrected chi connectivity index (χ4v) is 3.71. The van der Waals surface area contributed by atoms with Crippen LogP contribution in [0.2, 0.25) is 0 Å². The van der Waals surface area contributed by atoms with Gasteiger partial charge >= 0.3 is 12.0 Å². The van der Waals surface area contributed by atoms with E-state index in [-0.39, 0.29) is 12.1 Å². The third-order valence-corrected chi connectivity index (χ3v) is 5.11. The predicted octanol–water partition coefficient (Wildman–Crippen LogP) is 3.60. The highest BCUT2D eigenvalue weighted by Crippen LogP contribution is 2.21. The highest BCUT2D eigenvalue weighted by atomic mass is 16.5. The van der Waals surface area contributed by atoms with Crippen molar-refractivity contribution in [1.82, 2.24) is 10.6 Å². The van der Waals surface area contributed by atoms with Crippen LogP contribution in [0.5, 0.6) is 0 Å². The van der Waals surface area contributed by atoms with Crippen LogP contribution < -0.4 is 16.0 Å². The van der Waals surface area contributed by atoms with E-state index in [1.54, 1.807) is 31.2 Å². The van der Waals surface area contributed by atoms with E-state index in [2.05, 4.69) is 40.2 Å². The van der Waals surface area contributed by atoms with Gasteiger partial charge in [0.2, 0.25) is 0 Å².